The molecule has 0 aromatic rings. The fourth-order valence-electron chi connectivity index (χ4n) is 2.00. The van der Waals surface area contributed by atoms with Gasteiger partial charge >= 0.3 is 0 Å². The van der Waals surface area contributed by atoms with E-state index in [4.69, 9.17) is 4.74 Å². The van der Waals surface area contributed by atoms with Gasteiger partial charge < -0.3 is 15.2 Å². The molecule has 1 atom stereocenters. The molecule has 16 heavy (non-hydrogen) atoms. The molecule has 1 unspecified atom stereocenters. The highest BCUT2D eigenvalue weighted by molar-refractivity contribution is 8.00. The number of rotatable bonds is 6. The molecule has 2 rings (SSSR count). The summed E-state index contributed by atoms with van der Waals surface area (Å²) in [6.45, 7) is 4.19. The van der Waals surface area contributed by atoms with Crippen molar-refractivity contribution in [2.45, 2.75) is 49.4 Å². The van der Waals surface area contributed by atoms with Crippen LogP contribution in [0.2, 0.25) is 0 Å². The zero-order valence-corrected chi connectivity index (χ0v) is 10.9. The molecule has 2 fully saturated rings. The predicted molar refractivity (Wildman–Crippen MR) is 67.9 cm³/mol. The first-order chi connectivity index (χ1) is 7.72. The lowest BCUT2D eigenvalue weighted by Gasteiger charge is -2.31. The first kappa shape index (κ1) is 12.7. The fraction of sp³-hybridized carbons (Fsp3) is 1.00. The van der Waals surface area contributed by atoms with Gasteiger partial charge in [-0.25, -0.2) is 0 Å². The van der Waals surface area contributed by atoms with E-state index in [9.17, 15) is 5.11 Å². The molecule has 0 aromatic carbocycles. The minimum Gasteiger partial charge on any atom is -0.394 e. The van der Waals surface area contributed by atoms with Crippen molar-refractivity contribution >= 4 is 11.8 Å². The molecule has 1 aliphatic carbocycles. The molecule has 0 radical (unpaired) electrons. The van der Waals surface area contributed by atoms with Gasteiger partial charge in [0.05, 0.1) is 6.61 Å². The molecule has 2 N–H and O–H groups in total. The van der Waals surface area contributed by atoms with Crippen LogP contribution >= 0.6 is 11.8 Å². The molecule has 0 aromatic heterocycles. The number of thioether (sulfide) groups is 1. The maximum absolute atomic E-state index is 9.49. The largest absolute Gasteiger partial charge is 0.394 e. The average molecular weight is 245 g/mol. The van der Waals surface area contributed by atoms with Crippen molar-refractivity contribution < 1.29 is 9.84 Å². The molecule has 0 spiro atoms. The van der Waals surface area contributed by atoms with E-state index in [1.165, 1.54) is 12.8 Å². The third-order valence-corrected chi connectivity index (χ3v) is 5.03. The molecule has 0 bridgehead atoms. The van der Waals surface area contributed by atoms with Gasteiger partial charge in [0, 0.05) is 35.8 Å². The van der Waals surface area contributed by atoms with Gasteiger partial charge in [-0.05, 0) is 32.6 Å². The highest BCUT2D eigenvalue weighted by Crippen LogP contribution is 2.28. The van der Waals surface area contributed by atoms with Crippen LogP contribution in [-0.4, -0.2) is 47.5 Å². The van der Waals surface area contributed by atoms with Crippen LogP contribution in [0.4, 0.5) is 0 Å². The Labute approximate surface area is 102 Å². The first-order valence-electron chi connectivity index (χ1n) is 6.30. The standard InChI is InChI=1S/C12H23NO2S/c1-12(8-14,13-10-2-3-10)9-16-11-4-6-15-7-5-11/h10-11,13-14H,2-9H2,1H3. The molecule has 94 valence electrons. The topological polar surface area (TPSA) is 41.5 Å². The zero-order valence-electron chi connectivity index (χ0n) is 10.1. The van der Waals surface area contributed by atoms with Crippen molar-refractivity contribution in [1.29, 1.82) is 0 Å². The molecule has 3 nitrogen and oxygen atoms in total. The van der Waals surface area contributed by atoms with E-state index in [0.29, 0.717) is 6.04 Å². The lowest BCUT2D eigenvalue weighted by molar-refractivity contribution is 0.0998. The van der Waals surface area contributed by atoms with E-state index in [2.05, 4.69) is 12.2 Å². The summed E-state index contributed by atoms with van der Waals surface area (Å²) >= 11 is 2.00. The molecule has 1 saturated heterocycles. The smallest absolute Gasteiger partial charge is 0.0618 e. The minimum absolute atomic E-state index is 0.0931. The highest BCUT2D eigenvalue weighted by Gasteiger charge is 2.32. The number of nitrogens with one attached hydrogen (secondary N) is 1. The van der Waals surface area contributed by atoms with Crippen LogP contribution in [0.3, 0.4) is 0 Å². The Bertz CT molecular complexity index is 217. The Hall–Kier alpha value is 0.230. The fourth-order valence-corrected chi connectivity index (χ4v) is 3.30. The first-order valence-corrected chi connectivity index (χ1v) is 7.35. The van der Waals surface area contributed by atoms with Crippen LogP contribution in [0.1, 0.15) is 32.6 Å². The zero-order chi connectivity index (χ0) is 11.4. The van der Waals surface area contributed by atoms with Crippen LogP contribution in [0, 0.1) is 0 Å². The molecule has 2 aliphatic rings. The van der Waals surface area contributed by atoms with Crippen molar-refractivity contribution in [2.24, 2.45) is 0 Å². The molecule has 0 amide bonds. The van der Waals surface area contributed by atoms with Crippen molar-refractivity contribution in [3.8, 4) is 0 Å². The van der Waals surface area contributed by atoms with E-state index < -0.39 is 0 Å². The molecule has 1 heterocycles. The van der Waals surface area contributed by atoms with Crippen LogP contribution in [0.15, 0.2) is 0 Å². The Balaban J connectivity index is 1.71. The van der Waals surface area contributed by atoms with Crippen LogP contribution < -0.4 is 5.32 Å². The molecular weight excluding hydrogens is 222 g/mol. The van der Waals surface area contributed by atoms with Crippen molar-refractivity contribution in [3.63, 3.8) is 0 Å². The summed E-state index contributed by atoms with van der Waals surface area (Å²) in [4.78, 5) is 0. The second-order valence-electron chi connectivity index (χ2n) is 5.26. The summed E-state index contributed by atoms with van der Waals surface area (Å²) in [5, 5.41) is 13.8. The summed E-state index contributed by atoms with van der Waals surface area (Å²) in [5.74, 6) is 1.00. The lowest BCUT2D eigenvalue weighted by Crippen LogP contribution is -2.49. The average Bonchev–Trinajstić information content (AvgIpc) is 3.12. The molecule has 4 heteroatoms. The van der Waals surface area contributed by atoms with Gasteiger partial charge in [0.1, 0.15) is 0 Å². The Morgan fingerprint density at radius 3 is 2.56 bits per heavy atom. The van der Waals surface area contributed by atoms with E-state index in [1.807, 2.05) is 11.8 Å². The molecule has 1 saturated carbocycles. The van der Waals surface area contributed by atoms with Gasteiger partial charge in [-0.1, -0.05) is 0 Å². The van der Waals surface area contributed by atoms with E-state index >= 15 is 0 Å². The van der Waals surface area contributed by atoms with Gasteiger partial charge in [-0.2, -0.15) is 11.8 Å². The van der Waals surface area contributed by atoms with Gasteiger partial charge in [0.2, 0.25) is 0 Å². The number of aliphatic hydroxyl groups excluding tert-OH is 1. The second kappa shape index (κ2) is 5.71. The third kappa shape index (κ3) is 3.91. The maximum atomic E-state index is 9.49. The number of hydrogen-bond acceptors (Lipinski definition) is 4. The van der Waals surface area contributed by atoms with Crippen molar-refractivity contribution in [3.05, 3.63) is 0 Å². The van der Waals surface area contributed by atoms with Gasteiger partial charge in [0.15, 0.2) is 0 Å². The monoisotopic (exact) mass is 245 g/mol. The molecular formula is C12H23NO2S. The Morgan fingerprint density at radius 1 is 1.31 bits per heavy atom. The molecule has 1 aliphatic heterocycles. The van der Waals surface area contributed by atoms with Gasteiger partial charge in [-0.15, -0.1) is 0 Å². The normalized spacial score (nSPS) is 26.6. The van der Waals surface area contributed by atoms with Gasteiger partial charge in [-0.3, -0.25) is 0 Å². The van der Waals surface area contributed by atoms with E-state index in [-0.39, 0.29) is 12.1 Å². The highest BCUT2D eigenvalue weighted by atomic mass is 32.2. The lowest BCUT2D eigenvalue weighted by atomic mass is 10.1. The number of aliphatic hydroxyl groups is 1. The van der Waals surface area contributed by atoms with E-state index in [0.717, 1.165) is 37.1 Å². The second-order valence-corrected chi connectivity index (χ2v) is 6.55. The number of ether oxygens (including phenoxy) is 1. The predicted octanol–water partition coefficient (Wildman–Crippen LogP) is 1.40. The Morgan fingerprint density at radius 2 is 2.00 bits per heavy atom. The Kier molecular flexibility index (Phi) is 4.53. The summed E-state index contributed by atoms with van der Waals surface area (Å²) in [5.41, 5.74) is -0.0931. The maximum Gasteiger partial charge on any atom is 0.0618 e. The summed E-state index contributed by atoms with van der Waals surface area (Å²) in [6.07, 6.45) is 4.88. The summed E-state index contributed by atoms with van der Waals surface area (Å²) in [7, 11) is 0. The SMILES string of the molecule is CC(CO)(CSC1CCOCC1)NC1CC1. The quantitative estimate of drug-likeness (QED) is 0.742. The van der Waals surface area contributed by atoms with Crippen LogP contribution in [0.5, 0.6) is 0 Å². The van der Waals surface area contributed by atoms with Crippen LogP contribution in [-0.2, 0) is 4.74 Å². The van der Waals surface area contributed by atoms with E-state index in [1.54, 1.807) is 0 Å². The minimum atomic E-state index is -0.0931. The van der Waals surface area contributed by atoms with Crippen molar-refractivity contribution in [1.82, 2.24) is 5.32 Å². The third-order valence-electron chi connectivity index (χ3n) is 3.28. The number of hydrogen-bond donors (Lipinski definition) is 2. The van der Waals surface area contributed by atoms with Gasteiger partial charge in [0.25, 0.3) is 0 Å². The summed E-state index contributed by atoms with van der Waals surface area (Å²) in [6, 6.07) is 0.660. The van der Waals surface area contributed by atoms with Crippen molar-refractivity contribution in [2.75, 3.05) is 25.6 Å². The summed E-state index contributed by atoms with van der Waals surface area (Å²) < 4.78 is 5.35. The van der Waals surface area contributed by atoms with Crippen LogP contribution in [0.25, 0.3) is 0 Å².